The molecule has 6 nitrogen and oxygen atoms in total. The molecule has 0 saturated carbocycles. The van der Waals surface area contributed by atoms with Gasteiger partial charge in [-0.1, -0.05) is 0 Å². The van der Waals surface area contributed by atoms with Crippen molar-refractivity contribution in [2.75, 3.05) is 47.5 Å². The fourth-order valence-corrected chi connectivity index (χ4v) is 2.41. The van der Waals surface area contributed by atoms with Crippen molar-refractivity contribution in [2.24, 2.45) is 0 Å². The Morgan fingerprint density at radius 3 is 2.81 bits per heavy atom. The summed E-state index contributed by atoms with van der Waals surface area (Å²) in [5.74, 6) is 1.16. The van der Waals surface area contributed by atoms with Crippen LogP contribution in [0.25, 0.3) is 0 Å². The molecule has 0 spiro atoms. The summed E-state index contributed by atoms with van der Waals surface area (Å²) in [7, 11) is 5.01. The minimum atomic E-state index is -0.0136. The fourth-order valence-electron chi connectivity index (χ4n) is 2.41. The molecule has 1 aromatic carbocycles. The molecule has 0 aliphatic carbocycles. The second-order valence-electron chi connectivity index (χ2n) is 4.87. The molecule has 21 heavy (non-hydrogen) atoms. The number of carbonyl (C=O) groups is 1. The minimum Gasteiger partial charge on any atom is -0.493 e. The van der Waals surface area contributed by atoms with Crippen LogP contribution in [0, 0.1) is 0 Å². The van der Waals surface area contributed by atoms with Gasteiger partial charge < -0.3 is 24.4 Å². The summed E-state index contributed by atoms with van der Waals surface area (Å²) in [6.07, 6.45) is 0.0350. The van der Waals surface area contributed by atoms with Gasteiger partial charge in [0.1, 0.15) is 0 Å². The molecule has 0 aromatic heterocycles. The quantitative estimate of drug-likeness (QED) is 0.869. The van der Waals surface area contributed by atoms with Gasteiger partial charge in [-0.05, 0) is 25.2 Å². The third kappa shape index (κ3) is 3.65. The first-order chi connectivity index (χ1) is 10.2. The van der Waals surface area contributed by atoms with E-state index >= 15 is 0 Å². The number of hydrogen-bond acceptors (Lipinski definition) is 5. The van der Waals surface area contributed by atoms with Crippen LogP contribution in [0.2, 0.25) is 0 Å². The molecule has 1 amide bonds. The van der Waals surface area contributed by atoms with Crippen molar-refractivity contribution in [3.63, 3.8) is 0 Å². The Hall–Kier alpha value is -1.79. The highest BCUT2D eigenvalue weighted by molar-refractivity contribution is 5.95. The molecule has 116 valence electrons. The van der Waals surface area contributed by atoms with Crippen molar-refractivity contribution in [3.05, 3.63) is 23.8 Å². The third-order valence-electron chi connectivity index (χ3n) is 3.49. The Morgan fingerprint density at radius 1 is 1.38 bits per heavy atom. The lowest BCUT2D eigenvalue weighted by atomic mass is 10.1. The molecular formula is C15H22N2O4. The van der Waals surface area contributed by atoms with Crippen LogP contribution in [-0.4, -0.2) is 64.4 Å². The summed E-state index contributed by atoms with van der Waals surface area (Å²) in [6.45, 7) is 2.49. The SMILES string of the molecule is CNCC1CN(C(=O)c2ccc(OC)c(OC)c2)CCO1. The van der Waals surface area contributed by atoms with E-state index in [2.05, 4.69) is 5.32 Å². The third-order valence-corrected chi connectivity index (χ3v) is 3.49. The topological polar surface area (TPSA) is 60.0 Å². The number of methoxy groups -OCH3 is 2. The number of nitrogens with zero attached hydrogens (tertiary/aromatic N) is 1. The van der Waals surface area contributed by atoms with E-state index < -0.39 is 0 Å². The molecule has 1 unspecified atom stereocenters. The van der Waals surface area contributed by atoms with E-state index in [9.17, 15) is 4.79 Å². The molecule has 1 aliphatic rings. The Morgan fingerprint density at radius 2 is 2.14 bits per heavy atom. The van der Waals surface area contributed by atoms with Crippen molar-refractivity contribution >= 4 is 5.91 Å². The number of amides is 1. The number of nitrogens with one attached hydrogen (secondary N) is 1. The first-order valence-corrected chi connectivity index (χ1v) is 6.97. The predicted octanol–water partition coefficient (Wildman–Crippen LogP) is 0.764. The number of likely N-dealkylation sites (N-methyl/N-ethyl adjacent to an activating group) is 1. The highest BCUT2D eigenvalue weighted by Gasteiger charge is 2.25. The van der Waals surface area contributed by atoms with Crippen LogP contribution in [0.1, 0.15) is 10.4 Å². The van der Waals surface area contributed by atoms with Gasteiger partial charge in [-0.2, -0.15) is 0 Å². The molecule has 1 aromatic rings. The molecule has 1 heterocycles. The van der Waals surface area contributed by atoms with Crippen LogP contribution in [-0.2, 0) is 4.74 Å². The second kappa shape index (κ2) is 7.28. The molecule has 1 aliphatic heterocycles. The maximum atomic E-state index is 12.6. The summed E-state index contributed by atoms with van der Waals surface area (Å²) in [4.78, 5) is 14.4. The van der Waals surface area contributed by atoms with Crippen molar-refractivity contribution in [1.29, 1.82) is 0 Å². The zero-order valence-corrected chi connectivity index (χ0v) is 12.7. The standard InChI is InChI=1S/C15H22N2O4/c1-16-9-12-10-17(6-7-21-12)15(18)11-4-5-13(19-2)14(8-11)20-3/h4-5,8,12,16H,6-7,9-10H2,1-3H3. The van der Waals surface area contributed by atoms with Crippen molar-refractivity contribution in [1.82, 2.24) is 10.2 Å². The molecule has 6 heteroatoms. The molecule has 1 atom stereocenters. The van der Waals surface area contributed by atoms with E-state index in [4.69, 9.17) is 14.2 Å². The summed E-state index contributed by atoms with van der Waals surface area (Å²) >= 11 is 0. The molecule has 0 radical (unpaired) electrons. The fraction of sp³-hybridized carbons (Fsp3) is 0.533. The van der Waals surface area contributed by atoms with Crippen LogP contribution in [0.5, 0.6) is 11.5 Å². The first-order valence-electron chi connectivity index (χ1n) is 6.97. The van der Waals surface area contributed by atoms with Gasteiger partial charge in [0.25, 0.3) is 5.91 Å². The minimum absolute atomic E-state index is 0.0136. The lowest BCUT2D eigenvalue weighted by Crippen LogP contribution is -2.48. The number of benzene rings is 1. The van der Waals surface area contributed by atoms with E-state index in [1.54, 1.807) is 32.4 Å². The lowest BCUT2D eigenvalue weighted by molar-refractivity contribution is -0.0196. The van der Waals surface area contributed by atoms with E-state index in [0.29, 0.717) is 36.8 Å². The Bertz CT molecular complexity index is 491. The molecule has 0 bridgehead atoms. The van der Waals surface area contributed by atoms with Gasteiger partial charge in [-0.25, -0.2) is 0 Å². The summed E-state index contributed by atoms with van der Waals surface area (Å²) in [5.41, 5.74) is 0.595. The number of hydrogen-bond donors (Lipinski definition) is 1. The van der Waals surface area contributed by atoms with Gasteiger partial charge in [0.05, 0.1) is 26.9 Å². The highest BCUT2D eigenvalue weighted by atomic mass is 16.5. The molecule has 1 N–H and O–H groups in total. The second-order valence-corrected chi connectivity index (χ2v) is 4.87. The summed E-state index contributed by atoms with van der Waals surface area (Å²) in [6, 6.07) is 5.22. The molecule has 1 saturated heterocycles. The van der Waals surface area contributed by atoms with E-state index in [0.717, 1.165) is 6.54 Å². The van der Waals surface area contributed by atoms with Gasteiger partial charge >= 0.3 is 0 Å². The number of ether oxygens (including phenoxy) is 3. The first kappa shape index (κ1) is 15.6. The van der Waals surface area contributed by atoms with Gasteiger partial charge in [0.2, 0.25) is 0 Å². The van der Waals surface area contributed by atoms with E-state index in [1.807, 2.05) is 11.9 Å². The Balaban J connectivity index is 2.12. The molecule has 1 fully saturated rings. The van der Waals surface area contributed by atoms with Crippen LogP contribution in [0.15, 0.2) is 18.2 Å². The van der Waals surface area contributed by atoms with Crippen molar-refractivity contribution in [3.8, 4) is 11.5 Å². The average molecular weight is 294 g/mol. The van der Waals surface area contributed by atoms with Gasteiger partial charge in [0.15, 0.2) is 11.5 Å². The predicted molar refractivity (Wildman–Crippen MR) is 79.1 cm³/mol. The number of carbonyl (C=O) groups excluding carboxylic acids is 1. The van der Waals surface area contributed by atoms with Gasteiger partial charge in [0, 0.05) is 25.2 Å². The van der Waals surface area contributed by atoms with E-state index in [1.165, 1.54) is 0 Å². The van der Waals surface area contributed by atoms with Crippen molar-refractivity contribution < 1.29 is 19.0 Å². The highest BCUT2D eigenvalue weighted by Crippen LogP contribution is 2.28. The van der Waals surface area contributed by atoms with Gasteiger partial charge in [-0.15, -0.1) is 0 Å². The number of rotatable bonds is 5. The van der Waals surface area contributed by atoms with Crippen LogP contribution in [0.3, 0.4) is 0 Å². The maximum absolute atomic E-state index is 12.6. The zero-order chi connectivity index (χ0) is 15.2. The van der Waals surface area contributed by atoms with Crippen LogP contribution >= 0.6 is 0 Å². The van der Waals surface area contributed by atoms with Crippen LogP contribution < -0.4 is 14.8 Å². The maximum Gasteiger partial charge on any atom is 0.254 e. The van der Waals surface area contributed by atoms with E-state index in [-0.39, 0.29) is 12.0 Å². The smallest absolute Gasteiger partial charge is 0.254 e. The van der Waals surface area contributed by atoms with Gasteiger partial charge in [-0.3, -0.25) is 4.79 Å². The largest absolute Gasteiger partial charge is 0.493 e. The summed E-state index contributed by atoms with van der Waals surface area (Å²) in [5, 5.41) is 3.07. The lowest BCUT2D eigenvalue weighted by Gasteiger charge is -2.33. The Kier molecular flexibility index (Phi) is 5.41. The van der Waals surface area contributed by atoms with Crippen LogP contribution in [0.4, 0.5) is 0 Å². The van der Waals surface area contributed by atoms with Crippen molar-refractivity contribution in [2.45, 2.75) is 6.10 Å². The molecular weight excluding hydrogens is 272 g/mol. The number of morpholine rings is 1. The zero-order valence-electron chi connectivity index (χ0n) is 12.7. The summed E-state index contributed by atoms with van der Waals surface area (Å²) < 4.78 is 16.0. The molecule has 2 rings (SSSR count). The Labute approximate surface area is 125 Å². The normalized spacial score (nSPS) is 18.4. The average Bonchev–Trinajstić information content (AvgIpc) is 2.54. The monoisotopic (exact) mass is 294 g/mol.